The number of rotatable bonds is 2. The van der Waals surface area contributed by atoms with E-state index in [0.717, 1.165) is 11.6 Å². The van der Waals surface area contributed by atoms with Crippen molar-refractivity contribution < 1.29 is 12.8 Å². The molecule has 7 heteroatoms. The van der Waals surface area contributed by atoms with E-state index in [1.165, 1.54) is 21.4 Å². The first kappa shape index (κ1) is 12.7. The highest BCUT2D eigenvalue weighted by atomic mass is 32.2. The fourth-order valence-corrected chi connectivity index (χ4v) is 4.39. The highest BCUT2D eigenvalue weighted by Gasteiger charge is 2.31. The third-order valence-corrected chi connectivity index (χ3v) is 5.89. The first-order valence-electron chi connectivity index (χ1n) is 5.75. The Labute approximate surface area is 114 Å². The molecule has 0 unspecified atom stereocenters. The molecule has 0 N–H and O–H groups in total. The molecule has 0 spiro atoms. The summed E-state index contributed by atoms with van der Waals surface area (Å²) in [5.41, 5.74) is 0.996. The SMILES string of the molecule is O=S(=O)(c1ncccc1F)N1CCc2sccc2C1. The van der Waals surface area contributed by atoms with Crippen LogP contribution < -0.4 is 0 Å². The molecule has 0 radical (unpaired) electrons. The third kappa shape index (κ3) is 2.18. The highest BCUT2D eigenvalue weighted by Crippen LogP contribution is 2.28. The Morgan fingerprint density at radius 3 is 3.00 bits per heavy atom. The fraction of sp³-hybridized carbons (Fsp3) is 0.250. The van der Waals surface area contributed by atoms with Gasteiger partial charge >= 0.3 is 0 Å². The molecule has 0 fully saturated rings. The maximum absolute atomic E-state index is 13.6. The first-order chi connectivity index (χ1) is 9.09. The second kappa shape index (κ2) is 4.66. The van der Waals surface area contributed by atoms with E-state index in [2.05, 4.69) is 4.98 Å². The second-order valence-corrected chi connectivity index (χ2v) is 7.10. The van der Waals surface area contributed by atoms with Crippen LogP contribution in [-0.2, 0) is 23.0 Å². The number of pyridine rings is 1. The van der Waals surface area contributed by atoms with Crippen LogP contribution in [0.4, 0.5) is 4.39 Å². The van der Waals surface area contributed by atoms with Gasteiger partial charge in [0, 0.05) is 24.2 Å². The van der Waals surface area contributed by atoms with Crippen molar-refractivity contribution >= 4 is 21.4 Å². The molecule has 3 heterocycles. The van der Waals surface area contributed by atoms with Crippen molar-refractivity contribution in [3.8, 4) is 0 Å². The molecule has 1 aliphatic rings. The minimum atomic E-state index is -3.86. The van der Waals surface area contributed by atoms with Crippen LogP contribution in [0, 0.1) is 5.82 Å². The van der Waals surface area contributed by atoms with Gasteiger partial charge in [0.1, 0.15) is 0 Å². The number of nitrogens with zero attached hydrogens (tertiary/aromatic N) is 2. The van der Waals surface area contributed by atoms with Crippen LogP contribution in [0.15, 0.2) is 34.8 Å². The molecule has 0 saturated heterocycles. The van der Waals surface area contributed by atoms with Crippen molar-refractivity contribution in [1.29, 1.82) is 0 Å². The molecule has 19 heavy (non-hydrogen) atoms. The Kier molecular flexibility index (Phi) is 3.12. The van der Waals surface area contributed by atoms with Gasteiger partial charge in [0.05, 0.1) is 0 Å². The van der Waals surface area contributed by atoms with Gasteiger partial charge in [-0.15, -0.1) is 11.3 Å². The van der Waals surface area contributed by atoms with Crippen LogP contribution in [0.1, 0.15) is 10.4 Å². The monoisotopic (exact) mass is 298 g/mol. The zero-order valence-electron chi connectivity index (χ0n) is 9.91. The van der Waals surface area contributed by atoms with E-state index in [-0.39, 0.29) is 6.54 Å². The van der Waals surface area contributed by atoms with Crippen molar-refractivity contribution in [1.82, 2.24) is 9.29 Å². The highest BCUT2D eigenvalue weighted by molar-refractivity contribution is 7.89. The van der Waals surface area contributed by atoms with Crippen molar-refractivity contribution in [2.24, 2.45) is 0 Å². The Morgan fingerprint density at radius 1 is 1.37 bits per heavy atom. The summed E-state index contributed by atoms with van der Waals surface area (Å²) in [4.78, 5) is 4.87. The molecule has 0 bridgehead atoms. The summed E-state index contributed by atoms with van der Waals surface area (Å²) in [7, 11) is -3.86. The minimum absolute atomic E-state index is 0.289. The maximum Gasteiger partial charge on any atom is 0.263 e. The standard InChI is InChI=1S/C12H11FN2O2S2/c13-10-2-1-5-14-12(10)19(16,17)15-6-3-11-9(8-15)4-7-18-11/h1-2,4-5,7H,3,6,8H2. The molecule has 0 aromatic carbocycles. The van der Waals surface area contributed by atoms with Crippen molar-refractivity contribution in [3.05, 3.63) is 46.0 Å². The van der Waals surface area contributed by atoms with Crippen LogP contribution in [0.5, 0.6) is 0 Å². The summed E-state index contributed by atoms with van der Waals surface area (Å²) in [6.45, 7) is 0.656. The van der Waals surface area contributed by atoms with Crippen molar-refractivity contribution in [3.63, 3.8) is 0 Å². The average molecular weight is 298 g/mol. The molecule has 0 aliphatic carbocycles. The normalized spacial score (nSPS) is 16.3. The molecule has 0 atom stereocenters. The largest absolute Gasteiger partial charge is 0.263 e. The van der Waals surface area contributed by atoms with Gasteiger partial charge in [0.15, 0.2) is 5.82 Å². The van der Waals surface area contributed by atoms with Gasteiger partial charge in [-0.05, 0) is 35.6 Å². The van der Waals surface area contributed by atoms with E-state index in [0.29, 0.717) is 13.0 Å². The lowest BCUT2D eigenvalue weighted by Gasteiger charge is -2.25. The Balaban J connectivity index is 1.97. The Hall–Kier alpha value is -1.31. The fourth-order valence-electron chi connectivity index (χ4n) is 2.11. The van der Waals surface area contributed by atoms with Gasteiger partial charge < -0.3 is 0 Å². The van der Waals surface area contributed by atoms with Gasteiger partial charge in [-0.1, -0.05) is 0 Å². The molecular weight excluding hydrogens is 287 g/mol. The molecule has 1 aliphatic heterocycles. The smallest absolute Gasteiger partial charge is 0.241 e. The molecule has 4 nitrogen and oxygen atoms in total. The number of thiophene rings is 1. The topological polar surface area (TPSA) is 50.3 Å². The van der Waals surface area contributed by atoms with Crippen molar-refractivity contribution in [2.75, 3.05) is 6.54 Å². The van der Waals surface area contributed by atoms with Gasteiger partial charge in [-0.3, -0.25) is 0 Å². The van der Waals surface area contributed by atoms with E-state index in [9.17, 15) is 12.8 Å². The molecule has 0 amide bonds. The van der Waals surface area contributed by atoms with Crippen LogP contribution >= 0.6 is 11.3 Å². The lowest BCUT2D eigenvalue weighted by Crippen LogP contribution is -2.36. The Morgan fingerprint density at radius 2 is 2.21 bits per heavy atom. The summed E-state index contributed by atoms with van der Waals surface area (Å²) in [6, 6.07) is 4.40. The Bertz CT molecular complexity index is 712. The lowest BCUT2D eigenvalue weighted by atomic mass is 10.1. The number of hydrogen-bond acceptors (Lipinski definition) is 4. The molecule has 2 aromatic rings. The molecular formula is C12H11FN2O2S2. The van der Waals surface area contributed by atoms with E-state index >= 15 is 0 Å². The molecule has 2 aromatic heterocycles. The predicted octanol–water partition coefficient (Wildman–Crippen LogP) is 2.03. The van der Waals surface area contributed by atoms with E-state index in [1.807, 2.05) is 11.4 Å². The van der Waals surface area contributed by atoms with Crippen LogP contribution in [0.25, 0.3) is 0 Å². The van der Waals surface area contributed by atoms with Crippen molar-refractivity contribution in [2.45, 2.75) is 18.0 Å². The van der Waals surface area contributed by atoms with E-state index in [4.69, 9.17) is 0 Å². The summed E-state index contributed by atoms with van der Waals surface area (Å²) in [5, 5.41) is 1.45. The third-order valence-electron chi connectivity index (χ3n) is 3.08. The summed E-state index contributed by atoms with van der Waals surface area (Å²) < 4.78 is 39.6. The summed E-state index contributed by atoms with van der Waals surface area (Å²) >= 11 is 1.63. The zero-order chi connectivity index (χ0) is 13.5. The summed E-state index contributed by atoms with van der Waals surface area (Å²) in [5.74, 6) is -0.807. The van der Waals surface area contributed by atoms with Gasteiger partial charge in [0.25, 0.3) is 10.0 Å². The van der Waals surface area contributed by atoms with Gasteiger partial charge in [0.2, 0.25) is 5.03 Å². The molecule has 100 valence electrons. The number of halogens is 1. The summed E-state index contributed by atoms with van der Waals surface area (Å²) in [6.07, 6.45) is 1.95. The first-order valence-corrected chi connectivity index (χ1v) is 8.07. The van der Waals surface area contributed by atoms with Crippen LogP contribution in [0.2, 0.25) is 0 Å². The van der Waals surface area contributed by atoms with Gasteiger partial charge in [-0.25, -0.2) is 17.8 Å². The number of hydrogen-bond donors (Lipinski definition) is 0. The zero-order valence-corrected chi connectivity index (χ0v) is 11.5. The predicted molar refractivity (Wildman–Crippen MR) is 69.8 cm³/mol. The van der Waals surface area contributed by atoms with Crippen LogP contribution in [0.3, 0.4) is 0 Å². The number of aromatic nitrogens is 1. The van der Waals surface area contributed by atoms with E-state index in [1.54, 1.807) is 11.3 Å². The van der Waals surface area contributed by atoms with E-state index < -0.39 is 20.9 Å². The minimum Gasteiger partial charge on any atom is -0.241 e. The van der Waals surface area contributed by atoms with Gasteiger partial charge in [-0.2, -0.15) is 4.31 Å². The van der Waals surface area contributed by atoms with Crippen LogP contribution in [-0.4, -0.2) is 24.3 Å². The quantitative estimate of drug-likeness (QED) is 0.852. The maximum atomic E-state index is 13.6. The molecule has 3 rings (SSSR count). The number of fused-ring (bicyclic) bond motifs is 1. The molecule has 0 saturated carbocycles. The average Bonchev–Trinajstić information content (AvgIpc) is 2.86. The lowest BCUT2D eigenvalue weighted by molar-refractivity contribution is 0.388. The second-order valence-electron chi connectivity index (χ2n) is 4.25. The number of sulfonamides is 1.